The highest BCUT2D eigenvalue weighted by atomic mass is 19.4. The van der Waals surface area contributed by atoms with Crippen molar-refractivity contribution >= 4 is 23.8 Å². The number of rotatable bonds is 3. The van der Waals surface area contributed by atoms with E-state index in [0.717, 1.165) is 16.4 Å². The molecule has 0 saturated heterocycles. The van der Waals surface area contributed by atoms with E-state index in [2.05, 4.69) is 19.8 Å². The summed E-state index contributed by atoms with van der Waals surface area (Å²) in [7, 11) is 1.82. The molecule has 4 rings (SSSR count). The summed E-state index contributed by atoms with van der Waals surface area (Å²) in [6.07, 6.45) is -2.89. The van der Waals surface area contributed by atoms with Gasteiger partial charge >= 0.3 is 19.5 Å². The third-order valence-corrected chi connectivity index (χ3v) is 3.61. The summed E-state index contributed by atoms with van der Waals surface area (Å²) in [5, 5.41) is 8.68. The molecule has 0 N–H and O–H groups in total. The SMILES string of the molecule is FC(F)(F)c1nc(-c2ccc([B]n3ncc4ccccc43)cc2)no1. The van der Waals surface area contributed by atoms with Crippen LogP contribution in [0.4, 0.5) is 13.2 Å². The number of hydrogen-bond acceptors (Lipinski definition) is 4. The highest BCUT2D eigenvalue weighted by Crippen LogP contribution is 2.29. The van der Waals surface area contributed by atoms with E-state index in [-0.39, 0.29) is 5.82 Å². The van der Waals surface area contributed by atoms with Crippen LogP contribution in [-0.4, -0.2) is 27.2 Å². The average molecular weight is 341 g/mol. The molecule has 9 heteroatoms. The van der Waals surface area contributed by atoms with Crippen molar-refractivity contribution in [3.8, 4) is 11.4 Å². The fraction of sp³-hybridized carbons (Fsp3) is 0.0625. The lowest BCUT2D eigenvalue weighted by molar-refractivity contribution is -0.159. The lowest BCUT2D eigenvalue weighted by Gasteiger charge is -2.03. The minimum absolute atomic E-state index is 0.108. The lowest BCUT2D eigenvalue weighted by Crippen LogP contribution is -2.22. The lowest BCUT2D eigenvalue weighted by atomic mass is 9.82. The van der Waals surface area contributed by atoms with Gasteiger partial charge in [-0.2, -0.15) is 23.3 Å². The molecule has 2 heterocycles. The van der Waals surface area contributed by atoms with Gasteiger partial charge in [-0.25, -0.2) is 0 Å². The van der Waals surface area contributed by atoms with Crippen LogP contribution in [0.5, 0.6) is 0 Å². The molecule has 0 fully saturated rings. The zero-order valence-electron chi connectivity index (χ0n) is 12.6. The van der Waals surface area contributed by atoms with Gasteiger partial charge < -0.3 is 9.12 Å². The summed E-state index contributed by atoms with van der Waals surface area (Å²) < 4.78 is 43.5. The van der Waals surface area contributed by atoms with Crippen molar-refractivity contribution in [2.75, 3.05) is 0 Å². The third kappa shape index (κ3) is 3.00. The molecule has 0 bridgehead atoms. The zero-order valence-corrected chi connectivity index (χ0v) is 12.6. The Morgan fingerprint density at radius 1 is 1.00 bits per heavy atom. The van der Waals surface area contributed by atoms with Crippen LogP contribution in [-0.2, 0) is 6.18 Å². The average Bonchev–Trinajstić information content (AvgIpc) is 3.23. The summed E-state index contributed by atoms with van der Waals surface area (Å²) >= 11 is 0. The van der Waals surface area contributed by atoms with E-state index in [4.69, 9.17) is 0 Å². The molecule has 0 atom stereocenters. The first-order chi connectivity index (χ1) is 12.0. The minimum atomic E-state index is -4.65. The Morgan fingerprint density at radius 3 is 2.48 bits per heavy atom. The molecule has 0 aliphatic heterocycles. The molecular weight excluding hydrogens is 332 g/mol. The molecule has 0 unspecified atom stereocenters. The predicted molar refractivity (Wildman–Crippen MR) is 85.3 cm³/mol. The van der Waals surface area contributed by atoms with E-state index < -0.39 is 12.1 Å². The van der Waals surface area contributed by atoms with Crippen LogP contribution in [0, 0.1) is 0 Å². The zero-order chi connectivity index (χ0) is 17.4. The molecule has 2 aromatic heterocycles. The first-order valence-electron chi connectivity index (χ1n) is 7.29. The van der Waals surface area contributed by atoms with E-state index in [1.54, 1.807) is 35.1 Å². The fourth-order valence-corrected chi connectivity index (χ4v) is 2.41. The number of nitrogens with zero attached hydrogens (tertiary/aromatic N) is 4. The molecule has 4 aromatic rings. The highest BCUT2D eigenvalue weighted by Gasteiger charge is 2.38. The Balaban J connectivity index is 1.57. The van der Waals surface area contributed by atoms with Gasteiger partial charge in [0, 0.05) is 10.9 Å². The maximum atomic E-state index is 12.5. The predicted octanol–water partition coefficient (Wildman–Crippen LogP) is 2.90. The van der Waals surface area contributed by atoms with Gasteiger partial charge in [-0.15, -0.1) is 0 Å². The Kier molecular flexibility index (Phi) is 3.56. The number of halogens is 3. The number of hydrogen-bond donors (Lipinski definition) is 0. The van der Waals surface area contributed by atoms with Crippen LogP contribution in [0.25, 0.3) is 22.3 Å². The van der Waals surface area contributed by atoms with Crippen molar-refractivity contribution in [3.05, 3.63) is 60.6 Å². The first kappa shape index (κ1) is 15.4. The fourth-order valence-electron chi connectivity index (χ4n) is 2.41. The Labute approximate surface area is 140 Å². The monoisotopic (exact) mass is 341 g/mol. The molecule has 123 valence electrons. The molecule has 0 amide bonds. The van der Waals surface area contributed by atoms with E-state index in [9.17, 15) is 13.2 Å². The number of alkyl halides is 3. The topological polar surface area (TPSA) is 56.7 Å². The standard InChI is InChI=1S/C16H9BF3N4O/c18-16(19,20)15-22-14(23-25-15)10-5-7-12(8-6-10)17-24-13-4-2-1-3-11(13)9-21-24/h1-9H. The van der Waals surface area contributed by atoms with Gasteiger partial charge in [0.2, 0.25) is 5.82 Å². The van der Waals surface area contributed by atoms with Crippen molar-refractivity contribution in [2.24, 2.45) is 0 Å². The van der Waals surface area contributed by atoms with Gasteiger partial charge in [0.1, 0.15) is 0 Å². The molecular formula is C16H9BF3N4O. The van der Waals surface area contributed by atoms with Gasteiger partial charge in [-0.3, -0.25) is 0 Å². The van der Waals surface area contributed by atoms with Crippen LogP contribution in [0.15, 0.2) is 59.3 Å². The quantitative estimate of drug-likeness (QED) is 0.538. The van der Waals surface area contributed by atoms with Crippen molar-refractivity contribution in [1.82, 2.24) is 19.8 Å². The number of benzene rings is 2. The van der Waals surface area contributed by atoms with E-state index in [1.165, 1.54) is 0 Å². The maximum absolute atomic E-state index is 12.5. The van der Waals surface area contributed by atoms with Gasteiger partial charge in [0.25, 0.3) is 0 Å². The molecule has 1 radical (unpaired) electrons. The molecule has 5 nitrogen and oxygen atoms in total. The second kappa shape index (κ2) is 5.76. The highest BCUT2D eigenvalue weighted by molar-refractivity contribution is 6.52. The number of aromatic nitrogens is 4. The van der Waals surface area contributed by atoms with Crippen LogP contribution in [0.2, 0.25) is 0 Å². The summed E-state index contributed by atoms with van der Waals surface area (Å²) in [5.74, 6) is -1.47. The Bertz CT molecular complexity index is 1020. The molecule has 0 spiro atoms. The Hall–Kier alpha value is -3.10. The van der Waals surface area contributed by atoms with E-state index >= 15 is 0 Å². The molecule has 0 aliphatic carbocycles. The second-order valence-corrected chi connectivity index (χ2v) is 5.32. The molecule has 0 saturated carbocycles. The summed E-state index contributed by atoms with van der Waals surface area (Å²) in [5.41, 5.74) is 2.22. The Morgan fingerprint density at radius 2 is 1.76 bits per heavy atom. The van der Waals surface area contributed by atoms with E-state index in [1.807, 2.05) is 31.7 Å². The maximum Gasteiger partial charge on any atom is 0.471 e. The number of para-hydroxylation sites is 1. The van der Waals surface area contributed by atoms with Crippen molar-refractivity contribution in [1.29, 1.82) is 0 Å². The molecule has 0 aliphatic rings. The molecule has 2 aromatic carbocycles. The summed E-state index contributed by atoms with van der Waals surface area (Å²) in [4.78, 5) is 3.37. The molecule has 25 heavy (non-hydrogen) atoms. The summed E-state index contributed by atoms with van der Waals surface area (Å²) in [6, 6.07) is 14.5. The number of fused-ring (bicyclic) bond motifs is 1. The normalized spacial score (nSPS) is 11.8. The van der Waals surface area contributed by atoms with Crippen LogP contribution >= 0.6 is 0 Å². The largest absolute Gasteiger partial charge is 0.471 e. The van der Waals surface area contributed by atoms with Crippen LogP contribution in [0.1, 0.15) is 5.89 Å². The smallest absolute Gasteiger partial charge is 0.329 e. The van der Waals surface area contributed by atoms with E-state index in [0.29, 0.717) is 5.56 Å². The van der Waals surface area contributed by atoms with Crippen LogP contribution in [0.3, 0.4) is 0 Å². The van der Waals surface area contributed by atoms with Crippen molar-refractivity contribution < 1.29 is 17.7 Å². The first-order valence-corrected chi connectivity index (χ1v) is 7.29. The summed E-state index contributed by atoms with van der Waals surface area (Å²) in [6.45, 7) is 0. The third-order valence-electron chi connectivity index (χ3n) is 3.61. The van der Waals surface area contributed by atoms with Gasteiger partial charge in [-0.05, 0) is 6.07 Å². The van der Waals surface area contributed by atoms with Gasteiger partial charge in [0.05, 0.1) is 11.7 Å². The van der Waals surface area contributed by atoms with Crippen molar-refractivity contribution in [3.63, 3.8) is 0 Å². The second-order valence-electron chi connectivity index (χ2n) is 5.32. The van der Waals surface area contributed by atoms with Crippen molar-refractivity contribution in [2.45, 2.75) is 6.18 Å². The minimum Gasteiger partial charge on any atom is -0.329 e. The van der Waals surface area contributed by atoms with Crippen LogP contribution < -0.4 is 5.46 Å². The van der Waals surface area contributed by atoms with Gasteiger partial charge in [-0.1, -0.05) is 53.1 Å². The van der Waals surface area contributed by atoms with Gasteiger partial charge in [0.15, 0.2) is 0 Å².